The van der Waals surface area contributed by atoms with Gasteiger partial charge >= 0.3 is 0 Å². The molecule has 2 aliphatic heterocycles. The highest BCUT2D eigenvalue weighted by molar-refractivity contribution is 5.62. The van der Waals surface area contributed by atoms with Crippen LogP contribution in [-0.4, -0.2) is 42.9 Å². The van der Waals surface area contributed by atoms with Gasteiger partial charge in [0.25, 0.3) is 0 Å². The maximum Gasteiger partial charge on any atom is 0.166 e. The summed E-state index contributed by atoms with van der Waals surface area (Å²) in [5, 5.41) is 19.7. The van der Waals surface area contributed by atoms with Gasteiger partial charge in [-0.3, -0.25) is 4.90 Å². The quantitative estimate of drug-likeness (QED) is 0.803. The molecule has 1 aliphatic carbocycles. The van der Waals surface area contributed by atoms with Gasteiger partial charge in [-0.2, -0.15) is 5.26 Å². The first-order chi connectivity index (χ1) is 11.1. The van der Waals surface area contributed by atoms with Crippen LogP contribution >= 0.6 is 0 Å². The van der Waals surface area contributed by atoms with Gasteiger partial charge in [-0.15, -0.1) is 0 Å². The van der Waals surface area contributed by atoms with Crippen LogP contribution in [0.15, 0.2) is 24.3 Å². The highest BCUT2D eigenvalue weighted by Gasteiger charge is 2.53. The summed E-state index contributed by atoms with van der Waals surface area (Å²) in [6.07, 6.45) is 4.79. The van der Waals surface area contributed by atoms with Gasteiger partial charge in [0.1, 0.15) is 12.1 Å². The normalized spacial score (nSPS) is 34.8. The van der Waals surface area contributed by atoms with Gasteiger partial charge in [-0.25, -0.2) is 0 Å². The minimum Gasteiger partial charge on any atom is -0.493 e. The molecule has 0 bridgehead atoms. The van der Waals surface area contributed by atoms with Crippen molar-refractivity contribution in [1.29, 1.82) is 5.26 Å². The van der Waals surface area contributed by atoms with Crippen LogP contribution in [0, 0.1) is 11.3 Å². The van der Waals surface area contributed by atoms with Crippen LogP contribution in [0.2, 0.25) is 0 Å². The average Bonchev–Trinajstić information content (AvgIpc) is 2.82. The predicted octanol–water partition coefficient (Wildman–Crippen LogP) is 1.91. The van der Waals surface area contributed by atoms with Crippen molar-refractivity contribution in [1.82, 2.24) is 4.90 Å². The molecule has 0 amide bonds. The van der Waals surface area contributed by atoms with Gasteiger partial charge in [0.15, 0.2) is 11.5 Å². The molecule has 23 heavy (non-hydrogen) atoms. The van der Waals surface area contributed by atoms with Crippen molar-refractivity contribution < 1.29 is 14.6 Å². The van der Waals surface area contributed by atoms with E-state index in [9.17, 15) is 10.4 Å². The lowest BCUT2D eigenvalue weighted by Gasteiger charge is -2.35. The number of nitrogens with zero attached hydrogens (tertiary/aromatic N) is 2. The molecule has 2 heterocycles. The molecular weight excluding hydrogens is 292 g/mol. The fourth-order valence-corrected chi connectivity index (χ4v) is 4.27. The third-order valence-corrected chi connectivity index (χ3v) is 5.48. The standard InChI is InChI=1S/C18H20N2O3/c1-20-8-7-18-6-5-11(21)9-15(18)23-17-14(22-2)4-3-12(16(17)18)13(20)10-19/h3-6,11,13,15,21H,7-9H2,1-2H3/t11?,13?,15-,18?/m1/s1. The fraction of sp³-hybridized carbons (Fsp3) is 0.500. The number of aliphatic hydroxyl groups excluding tert-OH is 1. The first-order valence-corrected chi connectivity index (χ1v) is 7.96. The van der Waals surface area contributed by atoms with Gasteiger partial charge < -0.3 is 14.6 Å². The number of ether oxygens (including phenoxy) is 2. The topological polar surface area (TPSA) is 65.7 Å². The van der Waals surface area contributed by atoms with E-state index in [1.165, 1.54) is 0 Å². The van der Waals surface area contributed by atoms with Gasteiger partial charge in [-0.1, -0.05) is 18.2 Å². The van der Waals surface area contributed by atoms with Crippen molar-refractivity contribution in [2.24, 2.45) is 0 Å². The third kappa shape index (κ3) is 1.85. The summed E-state index contributed by atoms with van der Waals surface area (Å²) in [4.78, 5) is 2.09. The Morgan fingerprint density at radius 1 is 1.48 bits per heavy atom. The average molecular weight is 312 g/mol. The van der Waals surface area contributed by atoms with Gasteiger partial charge in [0, 0.05) is 18.5 Å². The highest BCUT2D eigenvalue weighted by atomic mass is 16.5. The molecule has 3 unspecified atom stereocenters. The van der Waals surface area contributed by atoms with Crippen LogP contribution in [0.3, 0.4) is 0 Å². The maximum atomic E-state index is 10.0. The van der Waals surface area contributed by atoms with Crippen molar-refractivity contribution in [2.75, 3.05) is 20.7 Å². The Labute approximate surface area is 135 Å². The summed E-state index contributed by atoms with van der Waals surface area (Å²) < 4.78 is 11.7. The van der Waals surface area contributed by atoms with E-state index in [4.69, 9.17) is 9.47 Å². The molecule has 4 rings (SSSR count). The summed E-state index contributed by atoms with van der Waals surface area (Å²) in [6, 6.07) is 5.99. The monoisotopic (exact) mass is 312 g/mol. The molecule has 0 saturated heterocycles. The first kappa shape index (κ1) is 14.6. The lowest BCUT2D eigenvalue weighted by atomic mass is 9.69. The van der Waals surface area contributed by atoms with Crippen LogP contribution in [0.4, 0.5) is 0 Å². The summed E-state index contributed by atoms with van der Waals surface area (Å²) in [5.74, 6) is 1.44. The van der Waals surface area contributed by atoms with Crippen LogP contribution in [0.25, 0.3) is 0 Å². The van der Waals surface area contributed by atoms with E-state index in [0.717, 1.165) is 29.8 Å². The Bertz CT molecular complexity index is 724. The second kappa shape index (κ2) is 4.98. The molecule has 0 fully saturated rings. The molecule has 0 saturated carbocycles. The molecule has 3 aliphatic rings. The molecule has 0 radical (unpaired) electrons. The molecule has 1 aromatic carbocycles. The summed E-state index contributed by atoms with van der Waals surface area (Å²) in [7, 11) is 3.62. The summed E-state index contributed by atoms with van der Waals surface area (Å²) in [6.45, 7) is 0.801. The Morgan fingerprint density at radius 2 is 2.30 bits per heavy atom. The van der Waals surface area contributed by atoms with E-state index in [2.05, 4.69) is 17.0 Å². The molecule has 4 atom stereocenters. The maximum absolute atomic E-state index is 10.0. The van der Waals surface area contributed by atoms with Gasteiger partial charge in [-0.05, 0) is 25.1 Å². The Balaban J connectivity index is 2.00. The van der Waals surface area contributed by atoms with E-state index >= 15 is 0 Å². The Hall–Kier alpha value is -2.03. The van der Waals surface area contributed by atoms with Crippen molar-refractivity contribution in [3.63, 3.8) is 0 Å². The summed E-state index contributed by atoms with van der Waals surface area (Å²) >= 11 is 0. The van der Waals surface area contributed by atoms with E-state index in [1.54, 1.807) is 7.11 Å². The van der Waals surface area contributed by atoms with Crippen molar-refractivity contribution in [2.45, 2.75) is 36.5 Å². The number of nitriles is 1. The fourth-order valence-electron chi connectivity index (χ4n) is 4.27. The van der Waals surface area contributed by atoms with Crippen LogP contribution in [-0.2, 0) is 5.41 Å². The molecule has 5 nitrogen and oxygen atoms in total. The SMILES string of the molecule is COc1ccc2c3c1O[C@@H]1CC(O)C=CC31CCN(C)C2C#N. The Morgan fingerprint density at radius 3 is 3.04 bits per heavy atom. The van der Waals surface area contributed by atoms with Crippen LogP contribution in [0.1, 0.15) is 30.0 Å². The second-order valence-corrected chi connectivity index (χ2v) is 6.63. The molecular formula is C18H20N2O3. The molecule has 5 heteroatoms. The van der Waals surface area contributed by atoms with E-state index in [0.29, 0.717) is 12.2 Å². The number of rotatable bonds is 1. The van der Waals surface area contributed by atoms with Gasteiger partial charge in [0.2, 0.25) is 0 Å². The van der Waals surface area contributed by atoms with Crippen molar-refractivity contribution in [3.05, 3.63) is 35.4 Å². The molecule has 1 aromatic rings. The largest absolute Gasteiger partial charge is 0.493 e. The molecule has 1 spiro atoms. The van der Waals surface area contributed by atoms with Crippen LogP contribution in [0.5, 0.6) is 11.5 Å². The minimum absolute atomic E-state index is 0.113. The van der Waals surface area contributed by atoms with E-state index < -0.39 is 6.10 Å². The molecule has 1 N–H and O–H groups in total. The van der Waals surface area contributed by atoms with Gasteiger partial charge in [0.05, 0.1) is 24.7 Å². The van der Waals surface area contributed by atoms with Crippen molar-refractivity contribution >= 4 is 0 Å². The third-order valence-electron chi connectivity index (χ3n) is 5.48. The molecule has 120 valence electrons. The van der Waals surface area contributed by atoms with Crippen molar-refractivity contribution in [3.8, 4) is 17.6 Å². The smallest absolute Gasteiger partial charge is 0.166 e. The summed E-state index contributed by atoms with van der Waals surface area (Å²) in [5.41, 5.74) is 1.78. The molecule has 0 aromatic heterocycles. The zero-order valence-corrected chi connectivity index (χ0v) is 13.3. The highest BCUT2D eigenvalue weighted by Crippen LogP contribution is 2.57. The zero-order valence-electron chi connectivity index (χ0n) is 13.3. The second-order valence-electron chi connectivity index (χ2n) is 6.63. The Kier molecular flexibility index (Phi) is 3.15. The van der Waals surface area contributed by atoms with Crippen LogP contribution < -0.4 is 9.47 Å². The number of benzene rings is 1. The number of methoxy groups -OCH3 is 1. The number of aliphatic hydroxyl groups is 1. The lowest BCUT2D eigenvalue weighted by Crippen LogP contribution is -2.42. The minimum atomic E-state index is -0.484. The first-order valence-electron chi connectivity index (χ1n) is 7.96. The zero-order chi connectivity index (χ0) is 16.2. The number of hydrogen-bond donors (Lipinski definition) is 1. The lowest BCUT2D eigenvalue weighted by molar-refractivity contribution is 0.0817. The predicted molar refractivity (Wildman–Crippen MR) is 84.5 cm³/mol. The number of hydrogen-bond acceptors (Lipinski definition) is 5. The van der Waals surface area contributed by atoms with E-state index in [-0.39, 0.29) is 17.6 Å². The van der Waals surface area contributed by atoms with E-state index in [1.807, 2.05) is 25.3 Å².